The Hall–Kier alpha value is -2.54. The van der Waals surface area contributed by atoms with Crippen LogP contribution in [0.3, 0.4) is 0 Å². The van der Waals surface area contributed by atoms with Gasteiger partial charge in [0.2, 0.25) is 5.95 Å². The van der Waals surface area contributed by atoms with Gasteiger partial charge in [0.05, 0.1) is 23.0 Å². The Balaban J connectivity index is 1.77. The molecule has 0 saturated heterocycles. The third kappa shape index (κ3) is 2.43. The number of nitrogens with zero attached hydrogens (tertiary/aromatic N) is 4. The molecule has 0 unspecified atom stereocenters. The van der Waals surface area contributed by atoms with Gasteiger partial charge in [-0.3, -0.25) is 9.36 Å². The third-order valence-electron chi connectivity index (χ3n) is 2.68. The van der Waals surface area contributed by atoms with E-state index >= 15 is 0 Å². The van der Waals surface area contributed by atoms with Crippen molar-refractivity contribution in [1.82, 2.24) is 19.5 Å². The summed E-state index contributed by atoms with van der Waals surface area (Å²) in [5, 5.41) is 4.61. The summed E-state index contributed by atoms with van der Waals surface area (Å²) < 4.78 is 1.77. The Kier molecular flexibility index (Phi) is 3.26. The summed E-state index contributed by atoms with van der Waals surface area (Å²) >= 11 is 1.39. The minimum atomic E-state index is -0.157. The molecule has 3 rings (SSSR count). The summed E-state index contributed by atoms with van der Waals surface area (Å²) in [4.78, 5) is 25.1. The quantitative estimate of drug-likeness (QED) is 0.801. The van der Waals surface area contributed by atoms with Crippen LogP contribution in [0.5, 0.6) is 0 Å². The number of rotatable bonds is 3. The number of carbonyl (C=O) groups is 1. The first kappa shape index (κ1) is 12.5. The van der Waals surface area contributed by atoms with Gasteiger partial charge in [-0.05, 0) is 18.4 Å². The van der Waals surface area contributed by atoms with Crippen LogP contribution in [-0.2, 0) is 0 Å². The molecule has 0 spiro atoms. The molecule has 100 valence electrons. The van der Waals surface area contributed by atoms with Crippen LogP contribution in [0.2, 0.25) is 0 Å². The molecule has 0 atom stereocenters. The summed E-state index contributed by atoms with van der Waals surface area (Å²) in [7, 11) is 0. The van der Waals surface area contributed by atoms with Gasteiger partial charge in [-0.1, -0.05) is 6.07 Å². The highest BCUT2D eigenvalue weighted by Gasteiger charge is 2.08. The van der Waals surface area contributed by atoms with E-state index < -0.39 is 0 Å². The second kappa shape index (κ2) is 5.22. The average Bonchev–Trinajstić information content (AvgIpc) is 3.11. The molecule has 0 saturated carbocycles. The third-order valence-corrected chi connectivity index (χ3v) is 3.55. The molecule has 1 N–H and O–H groups in total. The highest BCUT2D eigenvalue weighted by molar-refractivity contribution is 7.12. The maximum atomic E-state index is 11.9. The highest BCUT2D eigenvalue weighted by Crippen LogP contribution is 2.13. The zero-order valence-corrected chi connectivity index (χ0v) is 11.5. The van der Waals surface area contributed by atoms with Crippen LogP contribution in [0, 0.1) is 6.92 Å². The lowest BCUT2D eigenvalue weighted by Gasteiger charge is -2.05. The molecule has 7 heteroatoms. The summed E-state index contributed by atoms with van der Waals surface area (Å²) in [6.07, 6.45) is 6.63. The molecule has 1 amide bonds. The van der Waals surface area contributed by atoms with Crippen LogP contribution < -0.4 is 5.32 Å². The number of imidazole rings is 1. The van der Waals surface area contributed by atoms with Crippen molar-refractivity contribution < 1.29 is 4.79 Å². The van der Waals surface area contributed by atoms with Gasteiger partial charge in [-0.15, -0.1) is 11.3 Å². The Morgan fingerprint density at radius 3 is 2.70 bits per heavy atom. The molecule has 3 aromatic heterocycles. The molecule has 0 aromatic carbocycles. The molecular weight excluding hydrogens is 274 g/mol. The molecular formula is C13H11N5OS. The van der Waals surface area contributed by atoms with Gasteiger partial charge in [0.15, 0.2) is 0 Å². The number of hydrogen-bond acceptors (Lipinski definition) is 5. The zero-order valence-electron chi connectivity index (χ0n) is 10.6. The fourth-order valence-corrected chi connectivity index (χ4v) is 2.32. The Morgan fingerprint density at radius 1 is 1.30 bits per heavy atom. The number of nitrogens with one attached hydrogen (secondary N) is 1. The molecule has 20 heavy (non-hydrogen) atoms. The molecule has 0 aliphatic heterocycles. The summed E-state index contributed by atoms with van der Waals surface area (Å²) in [6, 6.07) is 3.60. The zero-order chi connectivity index (χ0) is 13.9. The topological polar surface area (TPSA) is 72.7 Å². The van der Waals surface area contributed by atoms with Crippen molar-refractivity contribution in [1.29, 1.82) is 0 Å². The van der Waals surface area contributed by atoms with Crippen LogP contribution in [0.4, 0.5) is 5.69 Å². The van der Waals surface area contributed by atoms with Gasteiger partial charge < -0.3 is 5.32 Å². The van der Waals surface area contributed by atoms with Gasteiger partial charge in [0.1, 0.15) is 5.82 Å². The van der Waals surface area contributed by atoms with E-state index in [0.29, 0.717) is 16.5 Å². The largest absolute Gasteiger partial charge is 0.319 e. The Labute approximate surface area is 119 Å². The first-order valence-electron chi connectivity index (χ1n) is 5.91. The second-order valence-electron chi connectivity index (χ2n) is 4.05. The van der Waals surface area contributed by atoms with Crippen LogP contribution in [0.15, 0.2) is 42.3 Å². The Bertz CT molecular complexity index is 718. The van der Waals surface area contributed by atoms with Crippen molar-refractivity contribution in [3.8, 4) is 5.95 Å². The molecule has 0 bridgehead atoms. The van der Waals surface area contributed by atoms with E-state index in [1.165, 1.54) is 11.3 Å². The van der Waals surface area contributed by atoms with Gasteiger partial charge in [0.25, 0.3) is 5.91 Å². The molecule has 3 heterocycles. The molecule has 3 aromatic rings. The first-order valence-corrected chi connectivity index (χ1v) is 6.79. The predicted molar refractivity (Wildman–Crippen MR) is 76.2 cm³/mol. The first-order chi connectivity index (χ1) is 9.74. The fourth-order valence-electron chi connectivity index (χ4n) is 1.70. The molecule has 0 fully saturated rings. The molecule has 6 nitrogen and oxygen atoms in total. The lowest BCUT2D eigenvalue weighted by molar-refractivity contribution is 0.103. The number of amides is 1. The van der Waals surface area contributed by atoms with Gasteiger partial charge in [0, 0.05) is 12.4 Å². The number of thiophene rings is 1. The van der Waals surface area contributed by atoms with Crippen LogP contribution >= 0.6 is 11.3 Å². The highest BCUT2D eigenvalue weighted by atomic mass is 32.1. The summed E-state index contributed by atoms with van der Waals surface area (Å²) in [5.41, 5.74) is 0.560. The van der Waals surface area contributed by atoms with Crippen molar-refractivity contribution in [2.24, 2.45) is 0 Å². The normalized spacial score (nSPS) is 10.4. The van der Waals surface area contributed by atoms with Gasteiger partial charge in [-0.25, -0.2) is 15.0 Å². The predicted octanol–water partition coefficient (Wildman–Crippen LogP) is 2.28. The minimum Gasteiger partial charge on any atom is -0.319 e. The number of aryl methyl sites for hydroxylation is 1. The van der Waals surface area contributed by atoms with Crippen molar-refractivity contribution in [2.45, 2.75) is 6.92 Å². The number of anilines is 1. The Morgan fingerprint density at radius 2 is 2.10 bits per heavy atom. The van der Waals surface area contributed by atoms with Crippen LogP contribution in [-0.4, -0.2) is 25.4 Å². The van der Waals surface area contributed by atoms with Crippen molar-refractivity contribution in [2.75, 3.05) is 5.32 Å². The van der Waals surface area contributed by atoms with E-state index in [9.17, 15) is 4.79 Å². The van der Waals surface area contributed by atoms with E-state index in [1.807, 2.05) is 18.4 Å². The average molecular weight is 285 g/mol. The fraction of sp³-hybridized carbons (Fsp3) is 0.0769. The van der Waals surface area contributed by atoms with Crippen molar-refractivity contribution >= 4 is 22.9 Å². The lowest BCUT2D eigenvalue weighted by Crippen LogP contribution is -2.11. The standard InChI is InChI=1S/C13H11N5OS/c1-9-14-4-5-18(9)13-15-7-10(8-16-13)17-12(19)11-3-2-6-20-11/h2-8H,1H3,(H,17,19). The van der Waals surface area contributed by atoms with Crippen LogP contribution in [0.1, 0.15) is 15.5 Å². The van der Waals surface area contributed by atoms with E-state index in [4.69, 9.17) is 0 Å². The smallest absolute Gasteiger partial charge is 0.265 e. The number of aromatic nitrogens is 4. The second-order valence-corrected chi connectivity index (χ2v) is 5.00. The molecule has 0 radical (unpaired) electrons. The monoisotopic (exact) mass is 285 g/mol. The van der Waals surface area contributed by atoms with E-state index in [-0.39, 0.29) is 5.91 Å². The molecule has 0 aliphatic rings. The SMILES string of the molecule is Cc1nccn1-c1ncc(NC(=O)c2cccs2)cn1. The summed E-state index contributed by atoms with van der Waals surface area (Å²) in [6.45, 7) is 1.87. The van der Waals surface area contributed by atoms with Crippen molar-refractivity contribution in [3.05, 3.63) is 53.0 Å². The number of hydrogen-bond donors (Lipinski definition) is 1. The van der Waals surface area contributed by atoms with Gasteiger partial charge >= 0.3 is 0 Å². The van der Waals surface area contributed by atoms with E-state index in [1.54, 1.807) is 35.4 Å². The van der Waals surface area contributed by atoms with Crippen LogP contribution in [0.25, 0.3) is 5.95 Å². The maximum Gasteiger partial charge on any atom is 0.265 e. The van der Waals surface area contributed by atoms with Gasteiger partial charge in [-0.2, -0.15) is 0 Å². The van der Waals surface area contributed by atoms with Crippen molar-refractivity contribution in [3.63, 3.8) is 0 Å². The summed E-state index contributed by atoms with van der Waals surface area (Å²) in [5.74, 6) is 1.17. The lowest BCUT2D eigenvalue weighted by atomic mass is 10.4. The van der Waals surface area contributed by atoms with E-state index in [2.05, 4.69) is 20.3 Å². The maximum absolute atomic E-state index is 11.9. The number of carbonyl (C=O) groups excluding carboxylic acids is 1. The molecule has 0 aliphatic carbocycles. The minimum absolute atomic E-state index is 0.157. The van der Waals surface area contributed by atoms with E-state index in [0.717, 1.165) is 5.82 Å².